The van der Waals surface area contributed by atoms with E-state index in [1.165, 1.54) is 4.70 Å². The summed E-state index contributed by atoms with van der Waals surface area (Å²) >= 11 is 6.81. The van der Waals surface area contributed by atoms with Gasteiger partial charge in [-0.25, -0.2) is 9.97 Å². The van der Waals surface area contributed by atoms with Crippen LogP contribution in [0.2, 0.25) is 0 Å². The molecule has 3 aromatic rings. The van der Waals surface area contributed by atoms with Crippen molar-refractivity contribution in [2.24, 2.45) is 0 Å². The normalized spacial score (nSPS) is 11.0. The molecule has 1 aromatic carbocycles. The summed E-state index contributed by atoms with van der Waals surface area (Å²) in [4.78, 5) is 8.96. The van der Waals surface area contributed by atoms with Gasteiger partial charge in [0.25, 0.3) is 0 Å². The molecular formula is C12H10BrN3S2. The number of anilines is 1. The van der Waals surface area contributed by atoms with Crippen molar-refractivity contribution >= 4 is 54.0 Å². The predicted octanol–water partition coefficient (Wildman–Crippen LogP) is 4.44. The van der Waals surface area contributed by atoms with Gasteiger partial charge < -0.3 is 5.32 Å². The maximum atomic E-state index is 4.54. The van der Waals surface area contributed by atoms with Crippen molar-refractivity contribution in [3.63, 3.8) is 0 Å². The summed E-state index contributed by atoms with van der Waals surface area (Å²) < 4.78 is 2.27. The lowest BCUT2D eigenvalue weighted by Crippen LogP contribution is -1.98. The molecule has 0 fully saturated rings. The number of hydrogen-bond acceptors (Lipinski definition) is 5. The number of rotatable bonds is 3. The van der Waals surface area contributed by atoms with E-state index in [-0.39, 0.29) is 0 Å². The van der Waals surface area contributed by atoms with Crippen LogP contribution >= 0.6 is 38.6 Å². The van der Waals surface area contributed by atoms with E-state index < -0.39 is 0 Å². The fourth-order valence-corrected chi connectivity index (χ4v) is 3.73. The van der Waals surface area contributed by atoms with Crippen LogP contribution in [-0.4, -0.2) is 9.97 Å². The van der Waals surface area contributed by atoms with Crippen LogP contribution in [0.1, 0.15) is 10.7 Å². The number of halogens is 1. The standard InChI is InChI=1S/C12H10BrN3S2/c1-7-6-17-11(15-7)5-14-12-16-9-3-2-8(13)4-10(9)18-12/h2-4,6H,5H2,1H3,(H,14,16). The Labute approximate surface area is 121 Å². The summed E-state index contributed by atoms with van der Waals surface area (Å²) in [5.41, 5.74) is 2.10. The van der Waals surface area contributed by atoms with Gasteiger partial charge in [-0.15, -0.1) is 11.3 Å². The molecule has 0 bridgehead atoms. The maximum absolute atomic E-state index is 4.54. The number of nitrogens with zero attached hydrogens (tertiary/aromatic N) is 2. The lowest BCUT2D eigenvalue weighted by atomic mass is 10.3. The minimum atomic E-state index is 0.736. The highest BCUT2D eigenvalue weighted by atomic mass is 79.9. The highest BCUT2D eigenvalue weighted by Crippen LogP contribution is 2.28. The molecule has 3 rings (SSSR count). The largest absolute Gasteiger partial charge is 0.355 e. The zero-order chi connectivity index (χ0) is 12.5. The third-order valence-electron chi connectivity index (χ3n) is 2.41. The van der Waals surface area contributed by atoms with Crippen molar-refractivity contribution in [1.29, 1.82) is 0 Å². The quantitative estimate of drug-likeness (QED) is 0.766. The Morgan fingerprint density at radius 2 is 2.22 bits per heavy atom. The molecule has 0 aliphatic rings. The number of hydrogen-bond donors (Lipinski definition) is 1. The summed E-state index contributed by atoms with van der Waals surface area (Å²) in [5.74, 6) is 0. The number of nitrogens with one attached hydrogen (secondary N) is 1. The van der Waals surface area contributed by atoms with E-state index in [9.17, 15) is 0 Å². The van der Waals surface area contributed by atoms with Gasteiger partial charge >= 0.3 is 0 Å². The second kappa shape index (κ2) is 4.95. The maximum Gasteiger partial charge on any atom is 0.184 e. The van der Waals surface area contributed by atoms with Crippen molar-refractivity contribution in [3.8, 4) is 0 Å². The van der Waals surface area contributed by atoms with E-state index in [4.69, 9.17) is 0 Å². The summed E-state index contributed by atoms with van der Waals surface area (Å²) in [5, 5.41) is 7.42. The van der Waals surface area contributed by atoms with E-state index in [0.29, 0.717) is 0 Å². The molecule has 0 saturated heterocycles. The molecule has 3 nitrogen and oxygen atoms in total. The Morgan fingerprint density at radius 3 is 3.00 bits per heavy atom. The van der Waals surface area contributed by atoms with Crippen LogP contribution in [0.15, 0.2) is 28.1 Å². The van der Waals surface area contributed by atoms with Crippen LogP contribution in [0.25, 0.3) is 10.2 Å². The molecule has 2 heterocycles. The lowest BCUT2D eigenvalue weighted by Gasteiger charge is -1.97. The fraction of sp³-hybridized carbons (Fsp3) is 0.167. The smallest absolute Gasteiger partial charge is 0.184 e. The van der Waals surface area contributed by atoms with E-state index >= 15 is 0 Å². The van der Waals surface area contributed by atoms with Gasteiger partial charge in [0.05, 0.1) is 16.8 Å². The summed E-state index contributed by atoms with van der Waals surface area (Å²) in [6.07, 6.45) is 0. The van der Waals surface area contributed by atoms with Crippen molar-refractivity contribution < 1.29 is 0 Å². The van der Waals surface area contributed by atoms with Gasteiger partial charge in [-0.3, -0.25) is 0 Å². The van der Waals surface area contributed by atoms with Gasteiger partial charge in [-0.1, -0.05) is 27.3 Å². The number of fused-ring (bicyclic) bond motifs is 1. The van der Waals surface area contributed by atoms with Gasteiger partial charge in [0.2, 0.25) is 0 Å². The molecule has 92 valence electrons. The van der Waals surface area contributed by atoms with Gasteiger partial charge in [0, 0.05) is 15.5 Å². The number of benzene rings is 1. The molecule has 1 N–H and O–H groups in total. The van der Waals surface area contributed by atoms with E-state index in [1.54, 1.807) is 22.7 Å². The topological polar surface area (TPSA) is 37.8 Å². The Kier molecular flexibility index (Phi) is 3.32. The molecule has 0 saturated carbocycles. The van der Waals surface area contributed by atoms with Crippen LogP contribution in [0, 0.1) is 6.92 Å². The molecule has 6 heteroatoms. The molecular weight excluding hydrogens is 330 g/mol. The van der Waals surface area contributed by atoms with Crippen molar-refractivity contribution in [1.82, 2.24) is 9.97 Å². The second-order valence-electron chi connectivity index (χ2n) is 3.87. The van der Waals surface area contributed by atoms with Crippen LogP contribution in [0.4, 0.5) is 5.13 Å². The molecule has 0 aliphatic carbocycles. The van der Waals surface area contributed by atoms with Crippen molar-refractivity contribution in [2.75, 3.05) is 5.32 Å². The zero-order valence-electron chi connectivity index (χ0n) is 9.61. The van der Waals surface area contributed by atoms with Crippen LogP contribution in [0.5, 0.6) is 0 Å². The van der Waals surface area contributed by atoms with E-state index in [1.807, 2.05) is 19.1 Å². The minimum Gasteiger partial charge on any atom is -0.355 e. The van der Waals surface area contributed by atoms with Gasteiger partial charge in [0.1, 0.15) is 5.01 Å². The monoisotopic (exact) mass is 339 g/mol. The van der Waals surface area contributed by atoms with E-state index in [0.717, 1.165) is 32.4 Å². The highest BCUT2D eigenvalue weighted by molar-refractivity contribution is 9.10. The number of aromatic nitrogens is 2. The molecule has 0 unspecified atom stereocenters. The Morgan fingerprint density at radius 1 is 1.33 bits per heavy atom. The molecule has 0 atom stereocenters. The molecule has 0 radical (unpaired) electrons. The number of aryl methyl sites for hydroxylation is 1. The van der Waals surface area contributed by atoms with Crippen LogP contribution in [-0.2, 0) is 6.54 Å². The molecule has 0 spiro atoms. The molecule has 18 heavy (non-hydrogen) atoms. The summed E-state index contributed by atoms with van der Waals surface area (Å²) in [6, 6.07) is 6.12. The Bertz CT molecular complexity index is 690. The Hall–Kier alpha value is -0.980. The first kappa shape index (κ1) is 12.1. The Balaban J connectivity index is 1.78. The molecule has 0 amide bonds. The van der Waals surface area contributed by atoms with Gasteiger partial charge in [-0.05, 0) is 25.1 Å². The van der Waals surface area contributed by atoms with Gasteiger partial charge in [-0.2, -0.15) is 0 Å². The molecule has 2 aromatic heterocycles. The minimum absolute atomic E-state index is 0.736. The lowest BCUT2D eigenvalue weighted by molar-refractivity contribution is 1.07. The van der Waals surface area contributed by atoms with Crippen molar-refractivity contribution in [2.45, 2.75) is 13.5 Å². The average Bonchev–Trinajstić information content (AvgIpc) is 2.92. The highest BCUT2D eigenvalue weighted by Gasteiger charge is 2.05. The van der Waals surface area contributed by atoms with E-state index in [2.05, 4.69) is 42.7 Å². The third kappa shape index (κ3) is 2.55. The van der Waals surface area contributed by atoms with Crippen LogP contribution < -0.4 is 5.32 Å². The predicted molar refractivity (Wildman–Crippen MR) is 81.5 cm³/mol. The number of thiazole rings is 2. The first-order valence-electron chi connectivity index (χ1n) is 5.42. The fourth-order valence-electron chi connectivity index (χ4n) is 1.61. The molecule has 0 aliphatic heterocycles. The zero-order valence-corrected chi connectivity index (χ0v) is 12.8. The van der Waals surface area contributed by atoms with Crippen LogP contribution in [0.3, 0.4) is 0 Å². The van der Waals surface area contributed by atoms with Gasteiger partial charge in [0.15, 0.2) is 5.13 Å². The average molecular weight is 340 g/mol. The van der Waals surface area contributed by atoms with Crippen molar-refractivity contribution in [3.05, 3.63) is 38.8 Å². The third-order valence-corrected chi connectivity index (χ3v) is 4.84. The second-order valence-corrected chi connectivity index (χ2v) is 6.76. The first-order valence-corrected chi connectivity index (χ1v) is 7.90. The summed E-state index contributed by atoms with van der Waals surface area (Å²) in [7, 11) is 0. The first-order chi connectivity index (χ1) is 8.70. The SMILES string of the molecule is Cc1csc(CNc2nc3ccc(Br)cc3s2)n1. The summed E-state index contributed by atoms with van der Waals surface area (Å²) in [6.45, 7) is 2.74.